The highest BCUT2D eigenvalue weighted by Crippen LogP contribution is 2.24. The predicted molar refractivity (Wildman–Crippen MR) is 70.3 cm³/mol. The molecule has 7 heteroatoms. The minimum Gasteiger partial charge on any atom is -0.468 e. The fourth-order valence-electron chi connectivity index (χ4n) is 1.25. The molecule has 18 heavy (non-hydrogen) atoms. The quantitative estimate of drug-likeness (QED) is 0.634. The lowest BCUT2D eigenvalue weighted by Gasteiger charge is -2.11. The SMILES string of the molecule is COC(=O)C(CN)Sc1ccc(S(C)(=O)=O)cc1. The normalized spacial score (nSPS) is 13.1. The maximum absolute atomic E-state index is 11.4. The van der Waals surface area contributed by atoms with Gasteiger partial charge in [-0.05, 0) is 24.3 Å². The molecule has 0 fully saturated rings. The molecular weight excluding hydrogens is 274 g/mol. The molecule has 0 saturated carbocycles. The summed E-state index contributed by atoms with van der Waals surface area (Å²) in [5.41, 5.74) is 5.48. The van der Waals surface area contributed by atoms with Gasteiger partial charge in [0.1, 0.15) is 5.25 Å². The molecule has 1 rings (SSSR count). The number of ether oxygens (including phenoxy) is 1. The second kappa shape index (κ2) is 6.21. The van der Waals surface area contributed by atoms with E-state index in [-0.39, 0.29) is 11.4 Å². The molecule has 5 nitrogen and oxygen atoms in total. The second-order valence-corrected chi connectivity index (χ2v) is 6.90. The molecule has 0 aliphatic carbocycles. The van der Waals surface area contributed by atoms with Crippen molar-refractivity contribution in [2.75, 3.05) is 19.9 Å². The maximum Gasteiger partial charge on any atom is 0.320 e. The van der Waals surface area contributed by atoms with Crippen LogP contribution < -0.4 is 5.73 Å². The number of hydrogen-bond acceptors (Lipinski definition) is 6. The third-order valence-corrected chi connectivity index (χ3v) is 4.55. The summed E-state index contributed by atoms with van der Waals surface area (Å²) in [5, 5.41) is -0.487. The van der Waals surface area contributed by atoms with Gasteiger partial charge in [0.2, 0.25) is 0 Å². The summed E-state index contributed by atoms with van der Waals surface area (Å²) >= 11 is 1.25. The van der Waals surface area contributed by atoms with Crippen LogP contribution in [0.4, 0.5) is 0 Å². The van der Waals surface area contributed by atoms with E-state index in [1.807, 2.05) is 0 Å². The van der Waals surface area contributed by atoms with Crippen LogP contribution in [-0.2, 0) is 19.4 Å². The Balaban J connectivity index is 2.83. The zero-order valence-corrected chi connectivity index (χ0v) is 11.8. The Morgan fingerprint density at radius 3 is 2.33 bits per heavy atom. The molecule has 0 radical (unpaired) electrons. The van der Waals surface area contributed by atoms with Gasteiger partial charge in [0.25, 0.3) is 0 Å². The lowest BCUT2D eigenvalue weighted by atomic mass is 10.4. The number of thioether (sulfide) groups is 1. The van der Waals surface area contributed by atoms with Crippen LogP contribution in [0.2, 0.25) is 0 Å². The topological polar surface area (TPSA) is 86.5 Å². The molecule has 2 N–H and O–H groups in total. The first kappa shape index (κ1) is 15.0. The number of sulfone groups is 1. The number of hydrogen-bond donors (Lipinski definition) is 1. The Hall–Kier alpha value is -1.05. The standard InChI is InChI=1S/C11H15NO4S2/c1-16-11(13)10(7-12)17-8-3-5-9(6-4-8)18(2,14)15/h3-6,10H,7,12H2,1-2H3. The van der Waals surface area contributed by atoms with Crippen molar-refractivity contribution >= 4 is 27.6 Å². The van der Waals surface area contributed by atoms with Crippen LogP contribution in [0.3, 0.4) is 0 Å². The van der Waals surface area contributed by atoms with E-state index in [1.165, 1.54) is 31.0 Å². The number of methoxy groups -OCH3 is 1. The van der Waals surface area contributed by atoms with E-state index in [0.717, 1.165) is 11.2 Å². The third kappa shape index (κ3) is 4.01. The highest BCUT2D eigenvalue weighted by atomic mass is 32.2. The molecule has 0 amide bonds. The van der Waals surface area contributed by atoms with Crippen LogP contribution in [-0.4, -0.2) is 39.5 Å². The van der Waals surface area contributed by atoms with Crippen molar-refractivity contribution in [2.45, 2.75) is 15.0 Å². The maximum atomic E-state index is 11.4. The first-order valence-corrected chi connectivity index (χ1v) is 7.90. The van der Waals surface area contributed by atoms with Gasteiger partial charge in [0.05, 0.1) is 12.0 Å². The molecule has 1 aromatic carbocycles. The van der Waals surface area contributed by atoms with Crippen molar-refractivity contribution in [2.24, 2.45) is 5.73 Å². The smallest absolute Gasteiger partial charge is 0.320 e. The molecule has 0 heterocycles. The summed E-state index contributed by atoms with van der Waals surface area (Å²) < 4.78 is 27.2. The van der Waals surface area contributed by atoms with Crippen molar-refractivity contribution < 1.29 is 17.9 Å². The van der Waals surface area contributed by atoms with Crippen LogP contribution in [0.25, 0.3) is 0 Å². The lowest BCUT2D eigenvalue weighted by Crippen LogP contribution is -2.27. The van der Waals surface area contributed by atoms with Gasteiger partial charge in [0.15, 0.2) is 9.84 Å². The number of carbonyl (C=O) groups excluding carboxylic acids is 1. The number of nitrogens with two attached hydrogens (primary N) is 1. The van der Waals surface area contributed by atoms with Gasteiger partial charge in [-0.2, -0.15) is 0 Å². The number of benzene rings is 1. The molecule has 0 aliphatic heterocycles. The number of esters is 1. The summed E-state index contributed by atoms with van der Waals surface area (Å²) in [5.74, 6) is -0.394. The second-order valence-electron chi connectivity index (χ2n) is 3.61. The Morgan fingerprint density at radius 2 is 1.94 bits per heavy atom. The molecule has 0 aromatic heterocycles. The highest BCUT2D eigenvalue weighted by Gasteiger charge is 2.18. The zero-order chi connectivity index (χ0) is 13.8. The summed E-state index contributed by atoms with van der Waals surface area (Å²) in [6.07, 6.45) is 1.15. The third-order valence-electron chi connectivity index (χ3n) is 2.21. The van der Waals surface area contributed by atoms with E-state index in [4.69, 9.17) is 5.73 Å². The summed E-state index contributed by atoms with van der Waals surface area (Å²) in [7, 11) is -1.90. The van der Waals surface area contributed by atoms with E-state index in [0.29, 0.717) is 0 Å². The van der Waals surface area contributed by atoms with Gasteiger partial charge >= 0.3 is 5.97 Å². The van der Waals surface area contributed by atoms with Crippen molar-refractivity contribution in [3.05, 3.63) is 24.3 Å². The van der Waals surface area contributed by atoms with Crippen molar-refractivity contribution in [1.82, 2.24) is 0 Å². The highest BCUT2D eigenvalue weighted by molar-refractivity contribution is 8.00. The fourth-order valence-corrected chi connectivity index (χ4v) is 2.79. The first-order chi connectivity index (χ1) is 8.38. The number of rotatable bonds is 5. The van der Waals surface area contributed by atoms with Crippen molar-refractivity contribution in [3.63, 3.8) is 0 Å². The van der Waals surface area contributed by atoms with Gasteiger partial charge < -0.3 is 10.5 Å². The molecule has 1 atom stereocenters. The largest absolute Gasteiger partial charge is 0.468 e. The molecule has 100 valence electrons. The average molecular weight is 289 g/mol. The molecule has 1 unspecified atom stereocenters. The molecule has 1 aromatic rings. The Bertz CT molecular complexity index is 510. The minimum absolute atomic E-state index is 0.158. The van der Waals surface area contributed by atoms with Crippen LogP contribution in [0.5, 0.6) is 0 Å². The van der Waals surface area contributed by atoms with E-state index < -0.39 is 21.1 Å². The fraction of sp³-hybridized carbons (Fsp3) is 0.364. The minimum atomic E-state index is -3.20. The summed E-state index contributed by atoms with van der Waals surface area (Å²) in [6.45, 7) is 0.158. The van der Waals surface area contributed by atoms with E-state index in [2.05, 4.69) is 4.74 Å². The number of carbonyl (C=O) groups is 1. The van der Waals surface area contributed by atoms with Gasteiger partial charge in [-0.25, -0.2) is 8.42 Å². The van der Waals surface area contributed by atoms with Crippen LogP contribution in [0.15, 0.2) is 34.1 Å². The molecule has 0 spiro atoms. The van der Waals surface area contributed by atoms with E-state index in [1.54, 1.807) is 12.1 Å². The van der Waals surface area contributed by atoms with Gasteiger partial charge in [-0.15, -0.1) is 11.8 Å². The Labute approximate surface area is 111 Å². The van der Waals surface area contributed by atoms with Crippen LogP contribution >= 0.6 is 11.8 Å². The Kier molecular flexibility index (Phi) is 5.18. The lowest BCUT2D eigenvalue weighted by molar-refractivity contribution is -0.139. The molecule has 0 aliphatic rings. The summed E-state index contributed by atoms with van der Waals surface area (Å²) in [4.78, 5) is 12.4. The van der Waals surface area contributed by atoms with Gasteiger partial charge in [-0.1, -0.05) is 0 Å². The average Bonchev–Trinajstić information content (AvgIpc) is 2.34. The monoisotopic (exact) mass is 289 g/mol. The molecule has 0 saturated heterocycles. The first-order valence-electron chi connectivity index (χ1n) is 5.13. The molecular formula is C11H15NO4S2. The molecule has 0 bridgehead atoms. The summed E-state index contributed by atoms with van der Waals surface area (Å²) in [6, 6.07) is 6.30. The van der Waals surface area contributed by atoms with Gasteiger partial charge in [-0.3, -0.25) is 4.79 Å². The van der Waals surface area contributed by atoms with Crippen LogP contribution in [0, 0.1) is 0 Å². The predicted octanol–water partition coefficient (Wildman–Crippen LogP) is 0.682. The van der Waals surface area contributed by atoms with E-state index >= 15 is 0 Å². The zero-order valence-electron chi connectivity index (χ0n) is 10.1. The van der Waals surface area contributed by atoms with E-state index in [9.17, 15) is 13.2 Å². The van der Waals surface area contributed by atoms with Crippen molar-refractivity contribution in [1.29, 1.82) is 0 Å². The Morgan fingerprint density at radius 1 is 1.39 bits per heavy atom. The van der Waals surface area contributed by atoms with Gasteiger partial charge in [0, 0.05) is 17.7 Å². The van der Waals surface area contributed by atoms with Crippen LogP contribution in [0.1, 0.15) is 0 Å². The van der Waals surface area contributed by atoms with Crippen molar-refractivity contribution in [3.8, 4) is 0 Å².